The van der Waals surface area contributed by atoms with E-state index in [9.17, 15) is 14.4 Å². The largest absolute Gasteiger partial charge is 0.444 e. The Morgan fingerprint density at radius 3 is 2.09 bits per heavy atom. The average molecular weight is 612 g/mol. The molecule has 238 valence electrons. The summed E-state index contributed by atoms with van der Waals surface area (Å²) in [4.78, 5) is 43.9. The quantitative estimate of drug-likeness (QED) is 0.240. The number of nitrogens with zero attached hydrogens (tertiary/aromatic N) is 1. The highest BCUT2D eigenvalue weighted by atomic mass is 32.2. The number of para-hydroxylation sites is 1. The van der Waals surface area contributed by atoms with Crippen LogP contribution in [0.5, 0.6) is 0 Å². The molecule has 0 spiro atoms. The first-order valence-corrected chi connectivity index (χ1v) is 16.7. The molecule has 0 radical (unpaired) electrons. The summed E-state index contributed by atoms with van der Waals surface area (Å²) in [5.74, 6) is 0.507. The monoisotopic (exact) mass is 611 g/mol. The number of amides is 3. The number of hydrogen-bond donors (Lipinski definition) is 2. The summed E-state index contributed by atoms with van der Waals surface area (Å²) >= 11 is 1.60. The maximum absolute atomic E-state index is 14.7. The summed E-state index contributed by atoms with van der Waals surface area (Å²) in [6.07, 6.45) is 3.32. The molecule has 2 rings (SSSR count). The molecule has 43 heavy (non-hydrogen) atoms. The van der Waals surface area contributed by atoms with Crippen LogP contribution in [0, 0.1) is 33.6 Å². The number of carbonyl (C=O) groups excluding carboxylic acids is 3. The maximum Gasteiger partial charge on any atom is 0.408 e. The summed E-state index contributed by atoms with van der Waals surface area (Å²) < 4.78 is 5.54. The predicted octanol–water partition coefficient (Wildman–Crippen LogP) is 7.90. The third kappa shape index (κ3) is 10.9. The van der Waals surface area contributed by atoms with E-state index < -0.39 is 23.8 Å². The van der Waals surface area contributed by atoms with Gasteiger partial charge >= 0.3 is 6.09 Å². The van der Waals surface area contributed by atoms with Crippen LogP contribution in [0.1, 0.15) is 94.7 Å². The smallest absolute Gasteiger partial charge is 0.408 e. The number of benzene rings is 2. The zero-order chi connectivity index (χ0) is 32.5. The van der Waals surface area contributed by atoms with E-state index in [0.29, 0.717) is 24.5 Å². The van der Waals surface area contributed by atoms with Crippen molar-refractivity contribution in [3.8, 4) is 0 Å². The lowest BCUT2D eigenvalue weighted by Gasteiger charge is -2.39. The van der Waals surface area contributed by atoms with E-state index in [-0.39, 0.29) is 17.9 Å². The zero-order valence-corrected chi connectivity index (χ0v) is 28.9. The van der Waals surface area contributed by atoms with E-state index in [0.717, 1.165) is 39.9 Å². The van der Waals surface area contributed by atoms with E-state index in [1.807, 2.05) is 77.3 Å². The van der Waals surface area contributed by atoms with E-state index in [4.69, 9.17) is 4.74 Å². The minimum Gasteiger partial charge on any atom is -0.444 e. The molecule has 2 N–H and O–H groups in total. The summed E-state index contributed by atoms with van der Waals surface area (Å²) in [5.41, 5.74) is 4.62. The van der Waals surface area contributed by atoms with Crippen LogP contribution in [0.4, 0.5) is 10.5 Å². The first kappa shape index (κ1) is 36.2. The van der Waals surface area contributed by atoms with Crippen LogP contribution in [0.15, 0.2) is 36.4 Å². The van der Waals surface area contributed by atoms with Crippen LogP contribution < -0.4 is 10.6 Å². The van der Waals surface area contributed by atoms with Crippen molar-refractivity contribution in [2.45, 2.75) is 112 Å². The number of rotatable bonds is 13. The molecule has 0 bridgehead atoms. The normalized spacial score (nSPS) is 13.7. The highest BCUT2D eigenvalue weighted by molar-refractivity contribution is 7.98. The molecule has 0 aromatic heterocycles. The van der Waals surface area contributed by atoms with Gasteiger partial charge in [0.2, 0.25) is 5.91 Å². The molecular weight excluding hydrogens is 558 g/mol. The van der Waals surface area contributed by atoms with Crippen LogP contribution in [0.25, 0.3) is 0 Å². The minimum atomic E-state index is -0.911. The first-order valence-electron chi connectivity index (χ1n) is 15.3. The Bertz CT molecular complexity index is 1230. The molecule has 0 heterocycles. The maximum atomic E-state index is 14.7. The number of thioether (sulfide) groups is 1. The minimum absolute atomic E-state index is 0.277. The Kier molecular flexibility index (Phi) is 13.6. The predicted molar refractivity (Wildman–Crippen MR) is 180 cm³/mol. The lowest BCUT2D eigenvalue weighted by Crippen LogP contribution is -2.55. The van der Waals surface area contributed by atoms with Crippen molar-refractivity contribution in [3.63, 3.8) is 0 Å². The van der Waals surface area contributed by atoms with Crippen molar-refractivity contribution in [2.75, 3.05) is 17.3 Å². The second-order valence-electron chi connectivity index (χ2n) is 13.1. The van der Waals surface area contributed by atoms with Crippen molar-refractivity contribution in [3.05, 3.63) is 64.2 Å². The van der Waals surface area contributed by atoms with Gasteiger partial charge < -0.3 is 20.3 Å². The van der Waals surface area contributed by atoms with Crippen molar-refractivity contribution in [1.29, 1.82) is 0 Å². The van der Waals surface area contributed by atoms with Crippen LogP contribution in [-0.4, -0.2) is 52.5 Å². The number of anilines is 1. The number of nitrogens with one attached hydrogen (secondary N) is 2. The molecule has 0 aliphatic heterocycles. The fourth-order valence-electron chi connectivity index (χ4n) is 5.11. The first-order chi connectivity index (χ1) is 20.0. The lowest BCUT2D eigenvalue weighted by atomic mass is 9.93. The van der Waals surface area contributed by atoms with Crippen LogP contribution in [-0.2, 0) is 14.3 Å². The van der Waals surface area contributed by atoms with E-state index >= 15 is 0 Å². The molecule has 8 heteroatoms. The highest BCUT2D eigenvalue weighted by Crippen LogP contribution is 2.32. The molecular formula is C35H53N3O4S. The molecule has 3 amide bonds. The number of alkyl carbamates (subject to hydrolysis) is 1. The van der Waals surface area contributed by atoms with Gasteiger partial charge in [0.15, 0.2) is 0 Å². The molecule has 0 fully saturated rings. The fourth-order valence-corrected chi connectivity index (χ4v) is 5.58. The Labute approximate surface area is 263 Å². The van der Waals surface area contributed by atoms with E-state index in [2.05, 4.69) is 24.5 Å². The number of carbonyl (C=O) groups is 3. The topological polar surface area (TPSA) is 87.7 Å². The van der Waals surface area contributed by atoms with Gasteiger partial charge in [-0.25, -0.2) is 4.79 Å². The molecule has 0 aliphatic rings. The van der Waals surface area contributed by atoms with Crippen molar-refractivity contribution < 1.29 is 19.1 Å². The van der Waals surface area contributed by atoms with E-state index in [1.165, 1.54) is 0 Å². The molecule has 3 unspecified atom stereocenters. The van der Waals surface area contributed by atoms with Gasteiger partial charge in [0.05, 0.1) is 0 Å². The molecule has 0 saturated carbocycles. The SMILES string of the molecule is CSCCC(NC(=O)OC(C)(C)C)C(=O)N(C(C)CCC(C)C)C(C(=O)Nc1c(C)cccc1C)c1cc(C)ccc1C. The third-order valence-electron chi connectivity index (χ3n) is 7.48. The van der Waals surface area contributed by atoms with Crippen LogP contribution in [0.3, 0.4) is 0 Å². The van der Waals surface area contributed by atoms with Crippen molar-refractivity contribution in [2.24, 2.45) is 5.92 Å². The van der Waals surface area contributed by atoms with Crippen molar-refractivity contribution in [1.82, 2.24) is 10.2 Å². The summed E-state index contributed by atoms with van der Waals surface area (Å²) in [7, 11) is 0. The highest BCUT2D eigenvalue weighted by Gasteiger charge is 2.39. The molecule has 0 saturated heterocycles. The van der Waals surface area contributed by atoms with Gasteiger partial charge in [-0.15, -0.1) is 0 Å². The summed E-state index contributed by atoms with van der Waals surface area (Å²) in [5, 5.41) is 6.03. The lowest BCUT2D eigenvalue weighted by molar-refractivity contribution is -0.143. The molecule has 2 aromatic carbocycles. The Hall–Kier alpha value is -3.00. The Morgan fingerprint density at radius 2 is 1.53 bits per heavy atom. The second kappa shape index (κ2) is 16.2. The number of aryl methyl sites for hydroxylation is 4. The number of hydrogen-bond acceptors (Lipinski definition) is 5. The van der Waals surface area contributed by atoms with Gasteiger partial charge in [-0.1, -0.05) is 55.8 Å². The van der Waals surface area contributed by atoms with E-state index in [1.54, 1.807) is 37.4 Å². The molecule has 0 aliphatic carbocycles. The average Bonchev–Trinajstić information content (AvgIpc) is 2.90. The Morgan fingerprint density at radius 1 is 0.907 bits per heavy atom. The van der Waals surface area contributed by atoms with Gasteiger partial charge in [0, 0.05) is 11.7 Å². The van der Waals surface area contributed by atoms with Crippen molar-refractivity contribution >= 4 is 35.4 Å². The fraction of sp³-hybridized carbons (Fsp3) is 0.571. The summed E-state index contributed by atoms with van der Waals surface area (Å²) in [6, 6.07) is 9.85. The van der Waals surface area contributed by atoms with Gasteiger partial charge in [-0.3, -0.25) is 9.59 Å². The van der Waals surface area contributed by atoms with Gasteiger partial charge in [-0.2, -0.15) is 11.8 Å². The zero-order valence-electron chi connectivity index (χ0n) is 28.1. The molecule has 7 nitrogen and oxygen atoms in total. The standard InChI is InChI=1S/C35H53N3O4S/c1-22(2)15-18-27(7)38(33(40)29(19-20-43-11)36-34(41)42-35(8,9)10)31(28-21-23(3)16-17-24(28)4)32(39)37-30-25(5)13-12-14-26(30)6/h12-14,16-17,21-22,27,29,31H,15,18-20H2,1-11H3,(H,36,41)(H,37,39). The van der Waals surface area contributed by atoms with Crippen LogP contribution >= 0.6 is 11.8 Å². The van der Waals surface area contributed by atoms with Crippen LogP contribution in [0.2, 0.25) is 0 Å². The molecule has 2 aromatic rings. The molecule has 3 atom stereocenters. The third-order valence-corrected chi connectivity index (χ3v) is 8.12. The van der Waals surface area contributed by atoms with Gasteiger partial charge in [0.25, 0.3) is 5.91 Å². The summed E-state index contributed by atoms with van der Waals surface area (Å²) in [6.45, 7) is 19.6. The second-order valence-corrected chi connectivity index (χ2v) is 14.1. The van der Waals surface area contributed by atoms with Gasteiger partial charge in [-0.05, 0) is 115 Å². The van der Waals surface area contributed by atoms with Gasteiger partial charge in [0.1, 0.15) is 17.7 Å². The number of ether oxygens (including phenoxy) is 1. The Balaban J connectivity index is 2.72.